The van der Waals surface area contributed by atoms with E-state index in [0.29, 0.717) is 6.04 Å². The summed E-state index contributed by atoms with van der Waals surface area (Å²) in [6.45, 7) is 13.0. The Hall–Kier alpha value is -0.120. The molecule has 0 aliphatic carbocycles. The van der Waals surface area contributed by atoms with Crippen LogP contribution < -0.4 is 5.32 Å². The molecule has 2 atom stereocenters. The molecule has 0 heterocycles. The maximum atomic E-state index is 9.20. The van der Waals surface area contributed by atoms with Crippen LogP contribution in [-0.4, -0.2) is 48.8 Å². The van der Waals surface area contributed by atoms with E-state index in [1.807, 2.05) is 0 Å². The fourth-order valence-electron chi connectivity index (χ4n) is 1.64. The van der Waals surface area contributed by atoms with Gasteiger partial charge in [-0.15, -0.1) is 0 Å². The highest BCUT2D eigenvalue weighted by Gasteiger charge is 2.25. The molecular weight excluding hydrogens is 188 g/mol. The first-order valence-electron chi connectivity index (χ1n) is 5.87. The third-order valence-electron chi connectivity index (χ3n) is 3.14. The van der Waals surface area contributed by atoms with E-state index in [-0.39, 0.29) is 18.1 Å². The van der Waals surface area contributed by atoms with Crippen molar-refractivity contribution >= 4 is 0 Å². The second-order valence-corrected chi connectivity index (χ2v) is 5.42. The molecular formula is C12H28N2O. The van der Waals surface area contributed by atoms with Crippen molar-refractivity contribution in [2.24, 2.45) is 5.41 Å². The predicted molar refractivity (Wildman–Crippen MR) is 66.1 cm³/mol. The van der Waals surface area contributed by atoms with Gasteiger partial charge >= 0.3 is 0 Å². The third kappa shape index (κ3) is 5.50. The topological polar surface area (TPSA) is 35.5 Å². The van der Waals surface area contributed by atoms with Gasteiger partial charge in [0.05, 0.1) is 6.61 Å². The molecule has 0 aromatic heterocycles. The molecule has 0 aliphatic rings. The molecule has 0 aliphatic heterocycles. The van der Waals surface area contributed by atoms with E-state index in [1.54, 1.807) is 0 Å². The molecule has 0 radical (unpaired) electrons. The Morgan fingerprint density at radius 3 is 2.20 bits per heavy atom. The van der Waals surface area contributed by atoms with Crippen LogP contribution in [0.1, 0.15) is 34.6 Å². The Kier molecular flexibility index (Phi) is 6.41. The average molecular weight is 216 g/mol. The van der Waals surface area contributed by atoms with Crippen molar-refractivity contribution in [3.05, 3.63) is 0 Å². The Balaban J connectivity index is 4.15. The lowest BCUT2D eigenvalue weighted by molar-refractivity contribution is 0.113. The fourth-order valence-corrected chi connectivity index (χ4v) is 1.64. The van der Waals surface area contributed by atoms with Crippen molar-refractivity contribution in [2.75, 3.05) is 26.7 Å². The average Bonchev–Trinajstić information content (AvgIpc) is 2.14. The number of hydrogen-bond acceptors (Lipinski definition) is 3. The molecule has 92 valence electrons. The first-order valence-corrected chi connectivity index (χ1v) is 5.87. The molecule has 0 saturated carbocycles. The van der Waals surface area contributed by atoms with Crippen LogP contribution in [0.2, 0.25) is 0 Å². The molecule has 0 amide bonds. The van der Waals surface area contributed by atoms with Crippen molar-refractivity contribution in [1.82, 2.24) is 10.2 Å². The zero-order valence-corrected chi connectivity index (χ0v) is 11.2. The minimum atomic E-state index is 0.185. The number of hydrogen-bond donors (Lipinski definition) is 2. The van der Waals surface area contributed by atoms with Gasteiger partial charge in [-0.3, -0.25) is 0 Å². The van der Waals surface area contributed by atoms with Crippen molar-refractivity contribution in [1.29, 1.82) is 0 Å². The molecule has 0 aromatic carbocycles. The number of rotatable bonds is 6. The Morgan fingerprint density at radius 1 is 1.33 bits per heavy atom. The Morgan fingerprint density at radius 2 is 1.87 bits per heavy atom. The molecule has 0 aromatic rings. The van der Waals surface area contributed by atoms with E-state index in [2.05, 4.69) is 51.9 Å². The summed E-state index contributed by atoms with van der Waals surface area (Å²) in [7, 11) is 2.12. The lowest BCUT2D eigenvalue weighted by Gasteiger charge is -2.37. The van der Waals surface area contributed by atoms with E-state index < -0.39 is 0 Å². The maximum Gasteiger partial charge on any atom is 0.0597 e. The van der Waals surface area contributed by atoms with Crippen LogP contribution in [0.3, 0.4) is 0 Å². The van der Waals surface area contributed by atoms with Gasteiger partial charge in [0, 0.05) is 18.6 Å². The Labute approximate surface area is 94.9 Å². The van der Waals surface area contributed by atoms with Gasteiger partial charge in [-0.05, 0) is 25.9 Å². The number of aliphatic hydroxyl groups is 1. The van der Waals surface area contributed by atoms with Crippen LogP contribution >= 0.6 is 0 Å². The van der Waals surface area contributed by atoms with E-state index in [0.717, 1.165) is 13.1 Å². The van der Waals surface area contributed by atoms with Gasteiger partial charge in [-0.2, -0.15) is 0 Å². The summed E-state index contributed by atoms with van der Waals surface area (Å²) >= 11 is 0. The minimum Gasteiger partial charge on any atom is -0.395 e. The van der Waals surface area contributed by atoms with E-state index in [1.165, 1.54) is 0 Å². The molecule has 0 rings (SSSR count). The van der Waals surface area contributed by atoms with Crippen molar-refractivity contribution in [3.63, 3.8) is 0 Å². The fraction of sp³-hybridized carbons (Fsp3) is 1.00. The zero-order chi connectivity index (χ0) is 12.1. The molecule has 0 saturated heterocycles. The highest BCUT2D eigenvalue weighted by molar-refractivity contribution is 4.80. The van der Waals surface area contributed by atoms with Crippen molar-refractivity contribution < 1.29 is 5.11 Å². The lowest BCUT2D eigenvalue weighted by atomic mass is 9.87. The van der Waals surface area contributed by atoms with Gasteiger partial charge in [-0.1, -0.05) is 27.7 Å². The SMILES string of the molecule is CCNC(CO)CN(C)C(C)C(C)(C)C. The van der Waals surface area contributed by atoms with Gasteiger partial charge in [0.1, 0.15) is 0 Å². The normalized spacial score (nSPS) is 16.8. The smallest absolute Gasteiger partial charge is 0.0597 e. The van der Waals surface area contributed by atoms with Gasteiger partial charge in [0.25, 0.3) is 0 Å². The van der Waals surface area contributed by atoms with E-state index in [9.17, 15) is 5.11 Å². The second kappa shape index (κ2) is 6.46. The molecule has 2 unspecified atom stereocenters. The van der Waals surface area contributed by atoms with Crippen LogP contribution in [-0.2, 0) is 0 Å². The summed E-state index contributed by atoms with van der Waals surface area (Å²) in [6, 6.07) is 0.690. The first kappa shape index (κ1) is 14.9. The van der Waals surface area contributed by atoms with Crippen LogP contribution in [0, 0.1) is 5.41 Å². The monoisotopic (exact) mass is 216 g/mol. The van der Waals surface area contributed by atoms with Gasteiger partial charge < -0.3 is 15.3 Å². The van der Waals surface area contributed by atoms with Crippen LogP contribution in [0.5, 0.6) is 0 Å². The van der Waals surface area contributed by atoms with E-state index >= 15 is 0 Å². The van der Waals surface area contributed by atoms with Gasteiger partial charge in [0.15, 0.2) is 0 Å². The van der Waals surface area contributed by atoms with Crippen LogP contribution in [0.4, 0.5) is 0 Å². The highest BCUT2D eigenvalue weighted by atomic mass is 16.3. The quantitative estimate of drug-likeness (QED) is 0.703. The summed E-state index contributed by atoms with van der Waals surface area (Å²) in [5, 5.41) is 12.5. The summed E-state index contributed by atoms with van der Waals surface area (Å²) in [4.78, 5) is 2.31. The molecule has 3 nitrogen and oxygen atoms in total. The largest absolute Gasteiger partial charge is 0.395 e. The third-order valence-corrected chi connectivity index (χ3v) is 3.14. The summed E-state index contributed by atoms with van der Waals surface area (Å²) in [5.74, 6) is 0. The van der Waals surface area contributed by atoms with Crippen LogP contribution in [0.15, 0.2) is 0 Å². The summed E-state index contributed by atoms with van der Waals surface area (Å²) in [5.41, 5.74) is 0.279. The van der Waals surface area contributed by atoms with Gasteiger partial charge in [0.2, 0.25) is 0 Å². The highest BCUT2D eigenvalue weighted by Crippen LogP contribution is 2.22. The molecule has 0 fully saturated rings. The number of aliphatic hydroxyl groups excluding tert-OH is 1. The predicted octanol–water partition coefficient (Wildman–Crippen LogP) is 1.32. The molecule has 0 bridgehead atoms. The zero-order valence-electron chi connectivity index (χ0n) is 11.2. The lowest BCUT2D eigenvalue weighted by Crippen LogP contribution is -2.48. The molecule has 0 spiro atoms. The number of nitrogens with zero attached hydrogens (tertiary/aromatic N) is 1. The Bertz CT molecular complexity index is 165. The van der Waals surface area contributed by atoms with E-state index in [4.69, 9.17) is 0 Å². The first-order chi connectivity index (χ1) is 6.82. The molecule has 3 heteroatoms. The van der Waals surface area contributed by atoms with Crippen LogP contribution in [0.25, 0.3) is 0 Å². The van der Waals surface area contributed by atoms with Gasteiger partial charge in [-0.25, -0.2) is 0 Å². The maximum absolute atomic E-state index is 9.20. The molecule has 15 heavy (non-hydrogen) atoms. The number of likely N-dealkylation sites (N-methyl/N-ethyl adjacent to an activating group) is 2. The second-order valence-electron chi connectivity index (χ2n) is 5.42. The van der Waals surface area contributed by atoms with Crippen molar-refractivity contribution in [3.8, 4) is 0 Å². The standard InChI is InChI=1S/C12H28N2O/c1-7-13-11(9-15)8-14(6)10(2)12(3,4)5/h10-11,13,15H,7-9H2,1-6H3. The van der Waals surface area contributed by atoms with Crippen molar-refractivity contribution in [2.45, 2.75) is 46.7 Å². The minimum absolute atomic E-state index is 0.185. The summed E-state index contributed by atoms with van der Waals surface area (Å²) < 4.78 is 0. The molecule has 2 N–H and O–H groups in total. The number of nitrogens with one attached hydrogen (secondary N) is 1. The summed E-state index contributed by atoms with van der Waals surface area (Å²) in [6.07, 6.45) is 0.